The van der Waals surface area contributed by atoms with Gasteiger partial charge < -0.3 is 9.88 Å². The summed E-state index contributed by atoms with van der Waals surface area (Å²) in [7, 11) is 1.73. The van der Waals surface area contributed by atoms with Crippen molar-refractivity contribution in [1.82, 2.24) is 14.9 Å². The minimum absolute atomic E-state index is 0.0238. The number of rotatable bonds is 8. The van der Waals surface area contributed by atoms with Crippen LogP contribution >= 0.6 is 0 Å². The zero-order chi connectivity index (χ0) is 16.0. The summed E-state index contributed by atoms with van der Waals surface area (Å²) in [4.78, 5) is 31.6. The maximum absolute atomic E-state index is 12.1. The molecule has 0 fully saturated rings. The van der Waals surface area contributed by atoms with Gasteiger partial charge in [0.15, 0.2) is 5.66 Å². The van der Waals surface area contributed by atoms with Crippen LogP contribution in [0.5, 0.6) is 0 Å². The first-order chi connectivity index (χ1) is 10.5. The smallest absolute Gasteiger partial charge is 0.250 e. The predicted molar refractivity (Wildman–Crippen MR) is 81.1 cm³/mol. The molecule has 2 heterocycles. The van der Waals surface area contributed by atoms with Gasteiger partial charge in [-0.3, -0.25) is 9.59 Å². The van der Waals surface area contributed by atoms with Crippen LogP contribution in [0.15, 0.2) is 27.3 Å². The molecule has 2 rings (SSSR count). The van der Waals surface area contributed by atoms with Gasteiger partial charge in [-0.1, -0.05) is 0 Å². The Hall–Kier alpha value is -2.49. The molecular weight excluding hydrogens is 282 g/mol. The summed E-state index contributed by atoms with van der Waals surface area (Å²) in [5.74, 6) is 3.16. The van der Waals surface area contributed by atoms with Crippen molar-refractivity contribution >= 4 is 5.91 Å². The van der Waals surface area contributed by atoms with Gasteiger partial charge in [-0.05, 0) is 0 Å². The summed E-state index contributed by atoms with van der Waals surface area (Å²) in [5.41, 5.74) is -0.610. The number of hydrogen-bond acceptors (Lipinski definition) is 5. The number of carbonyl (C=O) groups is 1. The normalized spacial score (nSPS) is 14.4. The van der Waals surface area contributed by atoms with E-state index in [1.165, 1.54) is 12.3 Å². The number of amides is 1. The fourth-order valence-electron chi connectivity index (χ4n) is 2.10. The molecule has 7 nitrogen and oxygen atoms in total. The fraction of sp³-hybridized carbons (Fsp3) is 0.533. The fourth-order valence-corrected chi connectivity index (χ4v) is 2.10. The average Bonchev–Trinajstić information content (AvgIpc) is 3.29. The molecule has 0 atom stereocenters. The van der Waals surface area contributed by atoms with Crippen molar-refractivity contribution in [3.8, 4) is 12.3 Å². The first kappa shape index (κ1) is 15.9. The Labute approximate surface area is 128 Å². The van der Waals surface area contributed by atoms with Crippen LogP contribution in [-0.4, -0.2) is 40.0 Å². The van der Waals surface area contributed by atoms with Crippen molar-refractivity contribution in [1.29, 1.82) is 0 Å². The lowest BCUT2D eigenvalue weighted by Crippen LogP contribution is -2.30. The third-order valence-corrected chi connectivity index (χ3v) is 3.63. The highest BCUT2D eigenvalue weighted by atomic mass is 16.2. The van der Waals surface area contributed by atoms with Crippen LogP contribution in [-0.2, 0) is 11.2 Å². The topological polar surface area (TPSA) is 90.8 Å². The van der Waals surface area contributed by atoms with Crippen molar-refractivity contribution in [3.63, 3.8) is 0 Å². The Balaban J connectivity index is 1.73. The molecular formula is C15H19N5O2. The molecule has 0 aromatic carbocycles. The Kier molecular flexibility index (Phi) is 5.04. The monoisotopic (exact) mass is 301 g/mol. The predicted octanol–water partition coefficient (Wildman–Crippen LogP) is 1.13. The number of nitrogens with one attached hydrogen (secondary N) is 1. The van der Waals surface area contributed by atoms with Crippen LogP contribution in [0.2, 0.25) is 0 Å². The molecule has 0 saturated carbocycles. The van der Waals surface area contributed by atoms with Crippen molar-refractivity contribution in [2.24, 2.45) is 10.2 Å². The molecule has 116 valence electrons. The highest BCUT2D eigenvalue weighted by Gasteiger charge is 2.39. The van der Waals surface area contributed by atoms with E-state index >= 15 is 0 Å². The molecule has 7 heteroatoms. The van der Waals surface area contributed by atoms with Gasteiger partial charge in [-0.2, -0.15) is 10.2 Å². The van der Waals surface area contributed by atoms with Crippen LogP contribution in [0.3, 0.4) is 0 Å². The van der Waals surface area contributed by atoms with Crippen LogP contribution in [0.4, 0.5) is 0 Å². The molecule has 1 aliphatic rings. The summed E-state index contributed by atoms with van der Waals surface area (Å²) >= 11 is 0. The van der Waals surface area contributed by atoms with Gasteiger partial charge in [0.05, 0.1) is 0 Å². The third-order valence-electron chi connectivity index (χ3n) is 3.63. The number of terminal acetylenes is 1. The van der Waals surface area contributed by atoms with Crippen molar-refractivity contribution in [2.75, 3.05) is 13.6 Å². The van der Waals surface area contributed by atoms with E-state index in [0.29, 0.717) is 44.5 Å². The number of hydrogen-bond donors (Lipinski definition) is 1. The molecule has 1 aliphatic heterocycles. The molecule has 0 aliphatic carbocycles. The lowest BCUT2D eigenvalue weighted by molar-refractivity contribution is -0.130. The lowest BCUT2D eigenvalue weighted by atomic mass is 10.0. The average molecular weight is 301 g/mol. The van der Waals surface area contributed by atoms with Gasteiger partial charge in [0.2, 0.25) is 5.91 Å². The molecule has 0 unspecified atom stereocenters. The summed E-state index contributed by atoms with van der Waals surface area (Å²) in [6, 6.07) is 1.36. The van der Waals surface area contributed by atoms with E-state index < -0.39 is 5.66 Å². The van der Waals surface area contributed by atoms with E-state index in [2.05, 4.69) is 26.1 Å². The Morgan fingerprint density at radius 1 is 1.45 bits per heavy atom. The molecule has 1 aromatic heterocycles. The quantitative estimate of drug-likeness (QED) is 0.730. The van der Waals surface area contributed by atoms with Crippen LogP contribution in [0.1, 0.15) is 31.5 Å². The molecule has 22 heavy (non-hydrogen) atoms. The zero-order valence-electron chi connectivity index (χ0n) is 12.6. The molecule has 1 amide bonds. The Bertz CT molecular complexity index is 652. The van der Waals surface area contributed by atoms with E-state index in [1.54, 1.807) is 11.9 Å². The Morgan fingerprint density at radius 2 is 2.23 bits per heavy atom. The molecule has 0 saturated heterocycles. The number of H-pyrrole nitrogens is 1. The second-order valence-electron chi connectivity index (χ2n) is 5.33. The van der Waals surface area contributed by atoms with Crippen LogP contribution in [0, 0.1) is 12.3 Å². The zero-order valence-corrected chi connectivity index (χ0v) is 12.6. The van der Waals surface area contributed by atoms with Gasteiger partial charge in [0, 0.05) is 58.0 Å². The summed E-state index contributed by atoms with van der Waals surface area (Å²) in [6.07, 6.45) is 9.50. The molecule has 1 aromatic rings. The van der Waals surface area contributed by atoms with Crippen LogP contribution < -0.4 is 5.56 Å². The van der Waals surface area contributed by atoms with Gasteiger partial charge in [-0.15, -0.1) is 12.3 Å². The summed E-state index contributed by atoms with van der Waals surface area (Å²) in [5, 5.41) is 8.03. The number of likely N-dealkylation sites (N-methyl/N-ethyl adjacent to an activating group) is 1. The van der Waals surface area contributed by atoms with Crippen molar-refractivity contribution < 1.29 is 4.79 Å². The minimum atomic E-state index is -0.422. The first-order valence-corrected chi connectivity index (χ1v) is 7.20. The van der Waals surface area contributed by atoms with E-state index in [-0.39, 0.29) is 11.5 Å². The van der Waals surface area contributed by atoms with Gasteiger partial charge in [-0.25, -0.2) is 4.98 Å². The summed E-state index contributed by atoms with van der Waals surface area (Å²) in [6.45, 7) is 0.497. The van der Waals surface area contributed by atoms with E-state index in [1.807, 2.05) is 0 Å². The molecule has 1 N–H and O–H groups in total. The van der Waals surface area contributed by atoms with Crippen molar-refractivity contribution in [3.05, 3.63) is 28.4 Å². The maximum atomic E-state index is 12.1. The SMILES string of the molecule is C#CCCC1(CCC(=O)N(C)CCc2nccc(=O)[nH]2)N=N1. The second-order valence-corrected chi connectivity index (χ2v) is 5.33. The van der Waals surface area contributed by atoms with E-state index in [0.717, 1.165) is 0 Å². The summed E-state index contributed by atoms with van der Waals surface area (Å²) < 4.78 is 0. The Morgan fingerprint density at radius 3 is 2.86 bits per heavy atom. The standard InChI is InChI=1S/C15H19N5O2/c1-3-4-8-15(18-19-15)9-5-14(22)20(2)11-7-12-16-10-6-13(21)17-12/h1,6,10H,4-5,7-9,11H2,2H3,(H,16,17,21). The largest absolute Gasteiger partial charge is 0.345 e. The number of aromatic amines is 1. The maximum Gasteiger partial charge on any atom is 0.250 e. The number of nitrogens with zero attached hydrogens (tertiary/aromatic N) is 4. The highest BCUT2D eigenvalue weighted by Crippen LogP contribution is 2.37. The van der Waals surface area contributed by atoms with Crippen molar-refractivity contribution in [2.45, 2.75) is 37.8 Å². The van der Waals surface area contributed by atoms with Crippen LogP contribution in [0.25, 0.3) is 0 Å². The molecule has 0 radical (unpaired) electrons. The van der Waals surface area contributed by atoms with Gasteiger partial charge in [0.25, 0.3) is 5.56 Å². The minimum Gasteiger partial charge on any atom is -0.345 e. The highest BCUT2D eigenvalue weighted by molar-refractivity contribution is 5.76. The van der Waals surface area contributed by atoms with Gasteiger partial charge >= 0.3 is 0 Å². The molecule has 0 bridgehead atoms. The second kappa shape index (κ2) is 6.98. The first-order valence-electron chi connectivity index (χ1n) is 7.20. The van der Waals surface area contributed by atoms with Gasteiger partial charge in [0.1, 0.15) is 5.82 Å². The third kappa shape index (κ3) is 4.52. The number of carbonyl (C=O) groups excluding carboxylic acids is 1. The number of aromatic nitrogens is 2. The van der Waals surface area contributed by atoms with E-state index in [9.17, 15) is 9.59 Å². The van der Waals surface area contributed by atoms with E-state index in [4.69, 9.17) is 6.42 Å². The lowest BCUT2D eigenvalue weighted by Gasteiger charge is -2.17. The molecule has 0 spiro atoms.